The SMILES string of the molecule is COCCOCCOCCOc1cc2c(cc1OC)CCN(CCc1ccc3[nH]c(-c4ccc(C(=O)OC)c(NC(=O)c5ccc6ccccc6n5)c4)cc3c1)C2. The molecule has 7 rings (SSSR count). The lowest BCUT2D eigenvalue weighted by atomic mass is 9.98. The van der Waals surface area contributed by atoms with Crippen LogP contribution in [0.25, 0.3) is 33.1 Å². The van der Waals surface area contributed by atoms with Crippen LogP contribution in [0.3, 0.4) is 0 Å². The van der Waals surface area contributed by atoms with Gasteiger partial charge in [-0.1, -0.05) is 36.4 Å². The summed E-state index contributed by atoms with van der Waals surface area (Å²) in [5.74, 6) is 0.492. The van der Waals surface area contributed by atoms with Crippen LogP contribution < -0.4 is 14.8 Å². The van der Waals surface area contributed by atoms with Crippen molar-refractivity contribution in [3.63, 3.8) is 0 Å². The number of esters is 1. The molecule has 1 aliphatic rings. The maximum Gasteiger partial charge on any atom is 0.339 e. The van der Waals surface area contributed by atoms with Gasteiger partial charge in [-0.25, -0.2) is 9.78 Å². The van der Waals surface area contributed by atoms with E-state index in [2.05, 4.69) is 56.6 Å². The number of aromatic nitrogens is 2. The molecule has 0 saturated carbocycles. The lowest BCUT2D eigenvalue weighted by molar-refractivity contribution is 0.0178. The summed E-state index contributed by atoms with van der Waals surface area (Å²) in [5.41, 5.74) is 7.97. The van der Waals surface area contributed by atoms with Crippen LogP contribution in [-0.4, -0.2) is 101 Å². The van der Waals surface area contributed by atoms with E-state index in [4.69, 9.17) is 28.4 Å². The van der Waals surface area contributed by atoms with Crippen LogP contribution >= 0.6 is 0 Å². The first-order chi connectivity index (χ1) is 27.9. The number of carbonyl (C=O) groups excluding carboxylic acids is 2. The summed E-state index contributed by atoms with van der Waals surface area (Å²) >= 11 is 0. The predicted octanol–water partition coefficient (Wildman–Crippen LogP) is 7.09. The molecule has 296 valence electrons. The van der Waals surface area contributed by atoms with Gasteiger partial charge in [0.05, 0.1) is 64.0 Å². The Hall–Kier alpha value is -5.79. The van der Waals surface area contributed by atoms with Crippen molar-refractivity contribution in [2.75, 3.05) is 79.4 Å². The van der Waals surface area contributed by atoms with Crippen molar-refractivity contribution in [2.45, 2.75) is 19.4 Å². The number of aromatic amines is 1. The number of methoxy groups -OCH3 is 3. The highest BCUT2D eigenvalue weighted by Crippen LogP contribution is 2.34. The summed E-state index contributed by atoms with van der Waals surface area (Å²) in [4.78, 5) is 36.6. The Kier molecular flexibility index (Phi) is 13.1. The van der Waals surface area contributed by atoms with Crippen molar-refractivity contribution in [1.29, 1.82) is 0 Å². The summed E-state index contributed by atoms with van der Waals surface area (Å²) in [6, 6.07) is 29.2. The molecule has 12 nitrogen and oxygen atoms in total. The molecule has 57 heavy (non-hydrogen) atoms. The molecule has 4 aromatic carbocycles. The number of benzene rings is 4. The third kappa shape index (κ3) is 9.78. The molecule has 3 heterocycles. The van der Waals surface area contributed by atoms with E-state index in [1.165, 1.54) is 23.8 Å². The highest BCUT2D eigenvalue weighted by atomic mass is 16.6. The van der Waals surface area contributed by atoms with E-state index in [1.807, 2.05) is 36.4 Å². The minimum absolute atomic E-state index is 0.245. The van der Waals surface area contributed by atoms with Gasteiger partial charge in [0.2, 0.25) is 0 Å². The minimum atomic E-state index is -0.548. The average molecular weight is 773 g/mol. The van der Waals surface area contributed by atoms with Crippen LogP contribution in [0.15, 0.2) is 91.0 Å². The van der Waals surface area contributed by atoms with Gasteiger partial charge in [-0.3, -0.25) is 9.69 Å². The van der Waals surface area contributed by atoms with Crippen molar-refractivity contribution in [3.8, 4) is 22.8 Å². The van der Waals surface area contributed by atoms with Crippen LogP contribution in [0.5, 0.6) is 11.5 Å². The van der Waals surface area contributed by atoms with Crippen molar-refractivity contribution in [1.82, 2.24) is 14.9 Å². The molecule has 6 aromatic rings. The fourth-order valence-electron chi connectivity index (χ4n) is 7.02. The number of pyridine rings is 1. The fraction of sp³-hybridized carbons (Fsp3) is 0.311. The number of ether oxygens (including phenoxy) is 6. The zero-order valence-corrected chi connectivity index (χ0v) is 32.6. The van der Waals surface area contributed by atoms with Gasteiger partial charge in [0.15, 0.2) is 11.5 Å². The number of H-pyrrole nitrogens is 1. The Labute approximate surface area is 332 Å². The standard InChI is InChI=1S/C45H48N4O8/c1-52-18-19-55-20-21-56-22-23-57-43-28-35-29-49(17-15-32(35)27-42(43)53-2)16-14-30-8-12-38-34(24-30)26-40(47-38)33-9-11-36(45(51)54-3)41(25-33)48-44(50)39-13-10-31-6-4-5-7-37(31)46-39/h4-13,24-28,47H,14-23,29H2,1-3H3,(H,48,50). The Bertz CT molecular complexity index is 2340. The maximum absolute atomic E-state index is 13.4. The highest BCUT2D eigenvalue weighted by Gasteiger charge is 2.21. The zero-order valence-electron chi connectivity index (χ0n) is 32.6. The molecule has 1 amide bonds. The summed E-state index contributed by atoms with van der Waals surface area (Å²) in [6.45, 7) is 5.72. The third-order valence-corrected chi connectivity index (χ3v) is 10.1. The van der Waals surface area contributed by atoms with Crippen LogP contribution in [0, 0.1) is 0 Å². The normalized spacial score (nSPS) is 12.8. The van der Waals surface area contributed by atoms with E-state index in [0.29, 0.717) is 50.8 Å². The number of anilines is 1. The van der Waals surface area contributed by atoms with E-state index in [-0.39, 0.29) is 11.3 Å². The third-order valence-electron chi connectivity index (χ3n) is 10.1. The summed E-state index contributed by atoms with van der Waals surface area (Å²) in [6.07, 6.45) is 1.83. The fourth-order valence-corrected chi connectivity index (χ4v) is 7.02. The van der Waals surface area contributed by atoms with Crippen LogP contribution in [0.2, 0.25) is 0 Å². The smallest absolute Gasteiger partial charge is 0.339 e. The van der Waals surface area contributed by atoms with Gasteiger partial charge >= 0.3 is 5.97 Å². The molecular formula is C45H48N4O8. The predicted molar refractivity (Wildman–Crippen MR) is 219 cm³/mol. The molecule has 0 radical (unpaired) electrons. The van der Waals surface area contributed by atoms with Gasteiger partial charge in [-0.15, -0.1) is 0 Å². The molecule has 1 aliphatic heterocycles. The van der Waals surface area contributed by atoms with Gasteiger partial charge in [-0.2, -0.15) is 0 Å². The maximum atomic E-state index is 13.4. The molecule has 12 heteroatoms. The number of rotatable bonds is 18. The molecule has 0 aliphatic carbocycles. The van der Waals surface area contributed by atoms with Gasteiger partial charge in [0.1, 0.15) is 12.3 Å². The monoisotopic (exact) mass is 772 g/mol. The van der Waals surface area contributed by atoms with Crippen LogP contribution in [0.1, 0.15) is 37.5 Å². The number of carbonyl (C=O) groups is 2. The van der Waals surface area contributed by atoms with Gasteiger partial charge < -0.3 is 38.7 Å². The largest absolute Gasteiger partial charge is 0.493 e. The summed E-state index contributed by atoms with van der Waals surface area (Å²) < 4.78 is 32.8. The molecule has 0 saturated heterocycles. The van der Waals surface area contributed by atoms with Crippen molar-refractivity contribution < 1.29 is 38.0 Å². The highest BCUT2D eigenvalue weighted by molar-refractivity contribution is 6.08. The first kappa shape index (κ1) is 39.4. The average Bonchev–Trinajstić information content (AvgIpc) is 3.68. The molecule has 0 atom stereocenters. The van der Waals surface area contributed by atoms with E-state index >= 15 is 0 Å². The lowest BCUT2D eigenvalue weighted by Gasteiger charge is -2.29. The Morgan fingerprint density at radius 3 is 2.42 bits per heavy atom. The van der Waals surface area contributed by atoms with E-state index < -0.39 is 11.9 Å². The van der Waals surface area contributed by atoms with E-state index in [1.54, 1.807) is 32.4 Å². The number of amides is 1. The summed E-state index contributed by atoms with van der Waals surface area (Å²) in [5, 5.41) is 4.91. The van der Waals surface area contributed by atoms with E-state index in [9.17, 15) is 9.59 Å². The van der Waals surface area contributed by atoms with Gasteiger partial charge in [-0.05, 0) is 84.1 Å². The van der Waals surface area contributed by atoms with Crippen LogP contribution in [-0.2, 0) is 38.3 Å². The summed E-state index contributed by atoms with van der Waals surface area (Å²) in [7, 11) is 4.64. The van der Waals surface area contributed by atoms with Crippen molar-refractivity contribution in [3.05, 3.63) is 119 Å². The second-order valence-corrected chi connectivity index (χ2v) is 13.8. The Morgan fingerprint density at radius 2 is 1.60 bits per heavy atom. The minimum Gasteiger partial charge on any atom is -0.493 e. The van der Waals surface area contributed by atoms with E-state index in [0.717, 1.165) is 71.5 Å². The molecular weight excluding hydrogens is 725 g/mol. The van der Waals surface area contributed by atoms with Gasteiger partial charge in [0, 0.05) is 54.3 Å². The number of nitrogens with zero attached hydrogens (tertiary/aromatic N) is 2. The quantitative estimate of drug-likeness (QED) is 0.0690. The molecule has 0 spiro atoms. The molecule has 2 N–H and O–H groups in total. The zero-order chi connectivity index (χ0) is 39.6. The number of para-hydroxylation sites is 1. The van der Waals surface area contributed by atoms with Gasteiger partial charge in [0.25, 0.3) is 5.91 Å². The second-order valence-electron chi connectivity index (χ2n) is 13.8. The topological polar surface area (TPSA) is 133 Å². The first-order valence-electron chi connectivity index (χ1n) is 19.1. The number of fused-ring (bicyclic) bond motifs is 3. The van der Waals surface area contributed by atoms with Crippen molar-refractivity contribution in [2.24, 2.45) is 0 Å². The molecule has 0 bridgehead atoms. The first-order valence-corrected chi connectivity index (χ1v) is 19.1. The Morgan fingerprint density at radius 1 is 0.789 bits per heavy atom. The number of hydrogen-bond acceptors (Lipinski definition) is 10. The number of hydrogen-bond donors (Lipinski definition) is 2. The molecule has 0 unspecified atom stereocenters. The van der Waals surface area contributed by atoms with Crippen molar-refractivity contribution >= 4 is 39.4 Å². The molecule has 0 fully saturated rings. The second kappa shape index (κ2) is 18.9. The molecule has 2 aromatic heterocycles. The Balaban J connectivity index is 0.983. The lowest BCUT2D eigenvalue weighted by Crippen LogP contribution is -2.32. The number of nitrogens with one attached hydrogen (secondary N) is 2. The van der Waals surface area contributed by atoms with Crippen LogP contribution in [0.4, 0.5) is 5.69 Å².